The monoisotopic (exact) mass is 414 g/mol. The number of Topliss-reactive ketones (excluding diaryl/α,β-unsaturated/α-hetero) is 1. The van der Waals surface area contributed by atoms with Gasteiger partial charge in [0.15, 0.2) is 24.8 Å². The molecule has 0 radical (unpaired) electrons. The molecule has 4 rings (SSSR count). The average Bonchev–Trinajstić information content (AvgIpc) is 2.80. The van der Waals surface area contributed by atoms with Gasteiger partial charge >= 0.3 is 5.91 Å². The van der Waals surface area contributed by atoms with Crippen molar-refractivity contribution in [3.05, 3.63) is 97.1 Å². The van der Waals surface area contributed by atoms with Gasteiger partial charge in [0.25, 0.3) is 0 Å². The van der Waals surface area contributed by atoms with E-state index in [1.54, 1.807) is 51.9 Å². The molecule has 0 aliphatic heterocycles. The molecule has 1 amide bonds. The Kier molecular flexibility index (Phi) is 5.68. The van der Waals surface area contributed by atoms with Gasteiger partial charge in [-0.1, -0.05) is 36.4 Å². The van der Waals surface area contributed by atoms with E-state index in [4.69, 9.17) is 5.84 Å². The number of hydrogen-bond acceptors (Lipinski definition) is 4. The minimum absolute atomic E-state index is 0.0294. The van der Waals surface area contributed by atoms with Crippen molar-refractivity contribution in [3.8, 4) is 5.75 Å². The SMILES string of the molecule is NN(C(=O)C[n+]1ccccc1)c1ccc2c(C(=O)C[n+]3ccccc3)cccc2c1O. The van der Waals surface area contributed by atoms with Crippen molar-refractivity contribution in [2.75, 3.05) is 5.01 Å². The molecule has 4 aromatic rings. The van der Waals surface area contributed by atoms with Crippen molar-refractivity contribution in [3.63, 3.8) is 0 Å². The van der Waals surface area contributed by atoms with Gasteiger partial charge in [-0.25, -0.2) is 10.9 Å². The molecule has 0 bridgehead atoms. The minimum Gasteiger partial charge on any atom is -0.505 e. The number of amides is 1. The summed E-state index contributed by atoms with van der Waals surface area (Å²) in [5.74, 6) is 5.40. The lowest BCUT2D eigenvalue weighted by Gasteiger charge is -2.18. The number of nitrogens with two attached hydrogens (primary N) is 1. The molecule has 0 aliphatic rings. The van der Waals surface area contributed by atoms with E-state index in [0.29, 0.717) is 16.3 Å². The number of benzene rings is 2. The number of pyridine rings is 2. The number of aromatic nitrogens is 2. The molecule has 31 heavy (non-hydrogen) atoms. The number of hydrogen-bond donors (Lipinski definition) is 2. The molecule has 0 saturated carbocycles. The van der Waals surface area contributed by atoms with Crippen molar-refractivity contribution in [2.24, 2.45) is 5.84 Å². The molecule has 154 valence electrons. The summed E-state index contributed by atoms with van der Waals surface area (Å²) < 4.78 is 3.48. The zero-order valence-corrected chi connectivity index (χ0v) is 16.8. The van der Waals surface area contributed by atoms with Gasteiger partial charge in [-0.15, -0.1) is 0 Å². The third-order valence-electron chi connectivity index (χ3n) is 5.04. The Balaban J connectivity index is 1.63. The van der Waals surface area contributed by atoms with Gasteiger partial charge in [0.2, 0.25) is 18.9 Å². The fraction of sp³-hybridized carbons (Fsp3) is 0.0833. The normalized spacial score (nSPS) is 10.7. The highest BCUT2D eigenvalue weighted by Crippen LogP contribution is 2.35. The molecule has 0 saturated heterocycles. The molecule has 0 aliphatic carbocycles. The quantitative estimate of drug-likeness (QED) is 0.166. The lowest BCUT2D eigenvalue weighted by molar-refractivity contribution is -0.684. The Morgan fingerprint density at radius 2 is 1.39 bits per heavy atom. The van der Waals surface area contributed by atoms with E-state index >= 15 is 0 Å². The number of rotatable bonds is 6. The fourth-order valence-corrected chi connectivity index (χ4v) is 3.47. The summed E-state index contributed by atoms with van der Waals surface area (Å²) in [5, 5.41) is 12.8. The molecule has 2 heterocycles. The molecule has 0 spiro atoms. The number of ketones is 1. The van der Waals surface area contributed by atoms with Crippen LogP contribution in [0.3, 0.4) is 0 Å². The third-order valence-corrected chi connectivity index (χ3v) is 5.04. The van der Waals surface area contributed by atoms with E-state index < -0.39 is 5.91 Å². The first kappa shape index (κ1) is 20.2. The van der Waals surface area contributed by atoms with Crippen LogP contribution in [0.4, 0.5) is 5.69 Å². The number of nitrogens with zero attached hydrogens (tertiary/aromatic N) is 3. The molecule has 0 unspecified atom stereocenters. The summed E-state index contributed by atoms with van der Waals surface area (Å²) in [7, 11) is 0. The number of carbonyl (C=O) groups excluding carboxylic acids is 2. The van der Waals surface area contributed by atoms with Crippen LogP contribution in [-0.4, -0.2) is 16.8 Å². The van der Waals surface area contributed by atoms with Crippen molar-refractivity contribution in [1.29, 1.82) is 0 Å². The molecule has 7 nitrogen and oxygen atoms in total. The molecular weight excluding hydrogens is 392 g/mol. The lowest BCUT2D eigenvalue weighted by atomic mass is 9.99. The summed E-state index contributed by atoms with van der Waals surface area (Å²) in [5.41, 5.74) is 0.668. The summed E-state index contributed by atoms with van der Waals surface area (Å²) in [6, 6.07) is 19.5. The minimum atomic E-state index is -0.390. The van der Waals surface area contributed by atoms with Crippen molar-refractivity contribution in [2.45, 2.75) is 13.1 Å². The van der Waals surface area contributed by atoms with Gasteiger partial charge in [-0.05, 0) is 11.5 Å². The largest absolute Gasteiger partial charge is 0.505 e. The third kappa shape index (κ3) is 4.26. The molecule has 2 aromatic carbocycles. The maximum atomic E-state index is 12.9. The van der Waals surface area contributed by atoms with Crippen LogP contribution >= 0.6 is 0 Å². The second-order valence-corrected chi connectivity index (χ2v) is 7.12. The Morgan fingerprint density at radius 3 is 2.03 bits per heavy atom. The van der Waals surface area contributed by atoms with Crippen molar-refractivity contribution in [1.82, 2.24) is 0 Å². The first-order valence-electron chi connectivity index (χ1n) is 9.78. The Hall–Kier alpha value is -4.10. The van der Waals surface area contributed by atoms with Crippen molar-refractivity contribution >= 4 is 28.2 Å². The van der Waals surface area contributed by atoms with Crippen LogP contribution in [0.2, 0.25) is 0 Å². The van der Waals surface area contributed by atoms with Crippen LogP contribution in [0.25, 0.3) is 10.8 Å². The summed E-state index contributed by atoms with van der Waals surface area (Å²) in [4.78, 5) is 25.5. The van der Waals surface area contributed by atoms with Crippen LogP contribution in [0.15, 0.2) is 91.5 Å². The van der Waals surface area contributed by atoms with Gasteiger partial charge in [0.05, 0.1) is 0 Å². The molecule has 2 aromatic heterocycles. The van der Waals surface area contributed by atoms with E-state index in [1.165, 1.54) is 0 Å². The highest BCUT2D eigenvalue weighted by molar-refractivity contribution is 6.10. The second kappa shape index (κ2) is 8.73. The molecular formula is C24H22N4O3+2. The maximum absolute atomic E-state index is 12.9. The second-order valence-electron chi connectivity index (χ2n) is 7.12. The Bertz CT molecular complexity index is 1240. The van der Waals surface area contributed by atoms with Crippen LogP contribution in [0, 0.1) is 0 Å². The zero-order chi connectivity index (χ0) is 21.8. The molecule has 0 atom stereocenters. The first-order chi connectivity index (χ1) is 15.0. The van der Waals surface area contributed by atoms with Crippen molar-refractivity contribution < 1.29 is 23.8 Å². The molecule has 3 N–H and O–H groups in total. The number of hydrazine groups is 1. The van der Waals surface area contributed by atoms with Crippen LogP contribution in [0.1, 0.15) is 10.4 Å². The van der Waals surface area contributed by atoms with E-state index in [9.17, 15) is 14.7 Å². The first-order valence-corrected chi connectivity index (χ1v) is 9.78. The lowest BCUT2D eigenvalue weighted by Crippen LogP contribution is -2.47. The zero-order valence-electron chi connectivity index (χ0n) is 16.8. The van der Waals surface area contributed by atoms with Gasteiger partial charge in [0, 0.05) is 35.2 Å². The highest BCUT2D eigenvalue weighted by Gasteiger charge is 2.22. The van der Waals surface area contributed by atoms with E-state index in [1.807, 2.05) is 48.8 Å². The summed E-state index contributed by atoms with van der Waals surface area (Å²) in [6.07, 6.45) is 7.16. The predicted molar refractivity (Wildman–Crippen MR) is 115 cm³/mol. The number of anilines is 1. The Labute approximate surface area is 179 Å². The van der Waals surface area contributed by atoms with E-state index in [-0.39, 0.29) is 30.3 Å². The topological polar surface area (TPSA) is 91.4 Å². The fourth-order valence-electron chi connectivity index (χ4n) is 3.47. The van der Waals surface area contributed by atoms with Crippen LogP contribution in [-0.2, 0) is 17.9 Å². The van der Waals surface area contributed by atoms with E-state index in [0.717, 1.165) is 5.01 Å². The average molecular weight is 414 g/mol. The number of phenolic OH excluding ortho intramolecular Hbond substituents is 1. The predicted octanol–water partition coefficient (Wildman–Crippen LogP) is 1.91. The van der Waals surface area contributed by atoms with Gasteiger partial charge < -0.3 is 5.11 Å². The number of aromatic hydroxyl groups is 1. The van der Waals surface area contributed by atoms with Gasteiger partial charge in [0.1, 0.15) is 11.4 Å². The smallest absolute Gasteiger partial charge is 0.307 e. The standard InChI is InChI=1S/C24H21N4O3/c25-28(23(30)17-27-14-5-2-6-15-27)21-11-10-18-19(8-7-9-20(18)24(21)31)22(29)16-26-12-3-1-4-13-26/h1-15H,16-17,25H2/q+1/p+1. The molecule has 0 fully saturated rings. The molecule has 7 heteroatoms. The number of phenols is 1. The van der Waals surface area contributed by atoms with Crippen LogP contribution < -0.4 is 20.0 Å². The van der Waals surface area contributed by atoms with Gasteiger partial charge in [-0.2, -0.15) is 9.13 Å². The number of fused-ring (bicyclic) bond motifs is 1. The Morgan fingerprint density at radius 1 is 0.774 bits per heavy atom. The van der Waals surface area contributed by atoms with E-state index in [2.05, 4.69) is 0 Å². The number of carbonyl (C=O) groups is 2. The summed E-state index contributed by atoms with van der Waals surface area (Å²) in [6.45, 7) is 0.208. The van der Waals surface area contributed by atoms with Gasteiger partial charge in [-0.3, -0.25) is 9.59 Å². The highest BCUT2D eigenvalue weighted by atomic mass is 16.3. The summed E-state index contributed by atoms with van der Waals surface area (Å²) >= 11 is 0. The maximum Gasteiger partial charge on any atom is 0.307 e. The van der Waals surface area contributed by atoms with Crippen LogP contribution in [0.5, 0.6) is 5.75 Å².